The Morgan fingerprint density at radius 1 is 1.29 bits per heavy atom. The third-order valence-corrected chi connectivity index (χ3v) is 3.39. The number of thioether (sulfide) groups is 1. The van der Waals surface area contributed by atoms with E-state index in [2.05, 4.69) is 15.1 Å². The molecule has 0 radical (unpaired) electrons. The molecule has 0 fully saturated rings. The zero-order chi connectivity index (χ0) is 14.7. The second kappa shape index (κ2) is 5.80. The highest BCUT2D eigenvalue weighted by Crippen LogP contribution is 2.25. The van der Waals surface area contributed by atoms with Gasteiger partial charge < -0.3 is 14.0 Å². The van der Waals surface area contributed by atoms with Crippen molar-refractivity contribution in [1.29, 1.82) is 0 Å². The zero-order valence-electron chi connectivity index (χ0n) is 10.6. The van der Waals surface area contributed by atoms with Crippen molar-refractivity contribution < 1.29 is 18.8 Å². The van der Waals surface area contributed by atoms with Gasteiger partial charge in [0.05, 0.1) is 5.75 Å². The number of aromatic nitrogens is 3. The molecule has 0 aliphatic heterocycles. The molecular weight excluding hydrogens is 294 g/mol. The number of aromatic carboxylic acids is 1. The first-order valence-electron chi connectivity index (χ1n) is 5.92. The number of carbonyl (C=O) groups is 1. The van der Waals surface area contributed by atoms with Crippen LogP contribution in [0.3, 0.4) is 0 Å². The quantitative estimate of drug-likeness (QED) is 0.718. The predicted molar refractivity (Wildman–Crippen MR) is 72.8 cm³/mol. The van der Waals surface area contributed by atoms with E-state index in [0.29, 0.717) is 28.3 Å². The van der Waals surface area contributed by atoms with Crippen molar-refractivity contribution >= 4 is 17.7 Å². The summed E-state index contributed by atoms with van der Waals surface area (Å²) >= 11 is 1.27. The van der Waals surface area contributed by atoms with E-state index in [1.807, 2.05) is 6.07 Å². The van der Waals surface area contributed by atoms with E-state index in [1.165, 1.54) is 17.8 Å². The first-order valence-corrected chi connectivity index (χ1v) is 6.91. The third kappa shape index (κ3) is 3.11. The summed E-state index contributed by atoms with van der Waals surface area (Å²) in [4.78, 5) is 19.0. The van der Waals surface area contributed by atoms with E-state index in [-0.39, 0.29) is 5.76 Å². The molecule has 3 rings (SSSR count). The SMILES string of the molecule is O=C(O)c1ccc(SCc2nc(-c3ccccn3)no2)o1. The van der Waals surface area contributed by atoms with Crippen LogP contribution in [0.2, 0.25) is 0 Å². The third-order valence-electron chi connectivity index (χ3n) is 2.49. The van der Waals surface area contributed by atoms with E-state index in [4.69, 9.17) is 14.0 Å². The van der Waals surface area contributed by atoms with Gasteiger partial charge in [0.1, 0.15) is 5.69 Å². The highest BCUT2D eigenvalue weighted by atomic mass is 32.2. The molecule has 1 N–H and O–H groups in total. The number of hydrogen-bond donors (Lipinski definition) is 1. The maximum Gasteiger partial charge on any atom is 0.371 e. The maximum absolute atomic E-state index is 10.7. The molecule has 0 aliphatic rings. The first-order chi connectivity index (χ1) is 10.2. The minimum absolute atomic E-state index is 0.0998. The van der Waals surface area contributed by atoms with Crippen molar-refractivity contribution in [3.8, 4) is 11.5 Å². The molecule has 106 valence electrons. The van der Waals surface area contributed by atoms with Crippen molar-refractivity contribution in [1.82, 2.24) is 15.1 Å². The molecule has 0 spiro atoms. The monoisotopic (exact) mass is 303 g/mol. The lowest BCUT2D eigenvalue weighted by Crippen LogP contribution is -1.91. The number of furan rings is 1. The molecule has 0 atom stereocenters. The van der Waals surface area contributed by atoms with Crippen molar-refractivity contribution in [3.05, 3.63) is 48.2 Å². The van der Waals surface area contributed by atoms with Crippen LogP contribution in [0, 0.1) is 0 Å². The number of carboxylic acid groups (broad SMARTS) is 1. The van der Waals surface area contributed by atoms with Crippen molar-refractivity contribution in [2.45, 2.75) is 10.8 Å². The molecule has 8 heteroatoms. The lowest BCUT2D eigenvalue weighted by molar-refractivity contribution is 0.0656. The van der Waals surface area contributed by atoms with Crippen LogP contribution in [0.15, 0.2) is 50.6 Å². The molecule has 21 heavy (non-hydrogen) atoms. The van der Waals surface area contributed by atoms with Gasteiger partial charge in [-0.1, -0.05) is 23.0 Å². The molecule has 3 aromatic heterocycles. The summed E-state index contributed by atoms with van der Waals surface area (Å²) in [7, 11) is 0. The Balaban J connectivity index is 1.66. The summed E-state index contributed by atoms with van der Waals surface area (Å²) in [6, 6.07) is 8.41. The van der Waals surface area contributed by atoms with Crippen LogP contribution in [-0.4, -0.2) is 26.2 Å². The van der Waals surface area contributed by atoms with Gasteiger partial charge in [0.15, 0.2) is 5.09 Å². The largest absolute Gasteiger partial charge is 0.475 e. The average molecular weight is 303 g/mol. The van der Waals surface area contributed by atoms with Gasteiger partial charge in [-0.25, -0.2) is 4.79 Å². The van der Waals surface area contributed by atoms with Crippen LogP contribution in [0.1, 0.15) is 16.4 Å². The molecule has 0 saturated heterocycles. The molecule has 0 bridgehead atoms. The minimum Gasteiger partial charge on any atom is -0.475 e. The van der Waals surface area contributed by atoms with E-state index < -0.39 is 5.97 Å². The number of nitrogens with zero attached hydrogens (tertiary/aromatic N) is 3. The number of hydrogen-bond acceptors (Lipinski definition) is 7. The second-order valence-corrected chi connectivity index (χ2v) is 4.92. The van der Waals surface area contributed by atoms with Crippen LogP contribution in [0.25, 0.3) is 11.5 Å². The molecule has 0 amide bonds. The maximum atomic E-state index is 10.7. The number of rotatable bonds is 5. The van der Waals surface area contributed by atoms with Gasteiger partial charge in [-0.2, -0.15) is 4.98 Å². The average Bonchev–Trinajstić information content (AvgIpc) is 3.15. The molecule has 0 aromatic carbocycles. The van der Waals surface area contributed by atoms with E-state index in [1.54, 1.807) is 24.4 Å². The van der Waals surface area contributed by atoms with Crippen LogP contribution >= 0.6 is 11.8 Å². The summed E-state index contributed by atoms with van der Waals surface area (Å²) in [6.45, 7) is 0. The Morgan fingerprint density at radius 2 is 2.19 bits per heavy atom. The van der Waals surface area contributed by atoms with Crippen molar-refractivity contribution in [3.63, 3.8) is 0 Å². The summed E-state index contributed by atoms with van der Waals surface area (Å²) in [5.74, 6) is 0.00643. The van der Waals surface area contributed by atoms with Crippen LogP contribution in [0.5, 0.6) is 0 Å². The zero-order valence-corrected chi connectivity index (χ0v) is 11.4. The second-order valence-electron chi connectivity index (χ2n) is 3.94. The molecule has 3 heterocycles. The van der Waals surface area contributed by atoms with Gasteiger partial charge in [-0.15, -0.1) is 0 Å². The van der Waals surface area contributed by atoms with Gasteiger partial charge in [0.25, 0.3) is 0 Å². The standard InChI is InChI=1S/C13H9N3O4S/c17-13(18)9-4-5-11(19-9)21-7-10-15-12(16-20-10)8-3-1-2-6-14-8/h1-6H,7H2,(H,17,18). The minimum atomic E-state index is -1.10. The van der Waals surface area contributed by atoms with E-state index >= 15 is 0 Å². The molecule has 0 unspecified atom stereocenters. The fourth-order valence-electron chi connectivity index (χ4n) is 1.56. The first kappa shape index (κ1) is 13.4. The number of pyridine rings is 1. The lowest BCUT2D eigenvalue weighted by atomic mass is 10.3. The summed E-state index contributed by atoms with van der Waals surface area (Å²) in [5.41, 5.74) is 0.628. The van der Waals surface area contributed by atoms with Gasteiger partial charge in [0, 0.05) is 6.20 Å². The molecule has 0 aliphatic carbocycles. The summed E-state index contributed by atoms with van der Waals surface area (Å²) in [6.07, 6.45) is 1.65. The lowest BCUT2D eigenvalue weighted by Gasteiger charge is -1.92. The predicted octanol–water partition coefficient (Wildman–Crippen LogP) is 2.72. The highest BCUT2D eigenvalue weighted by Gasteiger charge is 2.12. The van der Waals surface area contributed by atoms with Gasteiger partial charge in [0.2, 0.25) is 17.5 Å². The van der Waals surface area contributed by atoms with Crippen LogP contribution in [0.4, 0.5) is 0 Å². The Hall–Kier alpha value is -2.61. The Kier molecular flexibility index (Phi) is 3.69. The number of carboxylic acids is 1. The summed E-state index contributed by atoms with van der Waals surface area (Å²) < 4.78 is 10.2. The molecule has 7 nitrogen and oxygen atoms in total. The highest BCUT2D eigenvalue weighted by molar-refractivity contribution is 7.98. The van der Waals surface area contributed by atoms with Crippen molar-refractivity contribution in [2.75, 3.05) is 0 Å². The Morgan fingerprint density at radius 3 is 2.90 bits per heavy atom. The smallest absolute Gasteiger partial charge is 0.371 e. The van der Waals surface area contributed by atoms with Gasteiger partial charge in [-0.3, -0.25) is 4.98 Å². The Labute approximate surface area is 123 Å². The van der Waals surface area contributed by atoms with Gasteiger partial charge >= 0.3 is 5.97 Å². The summed E-state index contributed by atoms with van der Waals surface area (Å²) in [5, 5.41) is 13.1. The molecule has 0 saturated carbocycles. The van der Waals surface area contributed by atoms with Crippen LogP contribution < -0.4 is 0 Å². The topological polar surface area (TPSA) is 102 Å². The molecule has 3 aromatic rings. The normalized spacial score (nSPS) is 10.7. The fraction of sp³-hybridized carbons (Fsp3) is 0.0769. The fourth-order valence-corrected chi connectivity index (χ4v) is 2.25. The Bertz CT molecular complexity index is 754. The van der Waals surface area contributed by atoms with E-state index in [0.717, 1.165) is 0 Å². The van der Waals surface area contributed by atoms with E-state index in [9.17, 15) is 4.79 Å². The molecular formula is C13H9N3O4S. The van der Waals surface area contributed by atoms with Gasteiger partial charge in [-0.05, 0) is 24.3 Å². The van der Waals surface area contributed by atoms with Crippen molar-refractivity contribution in [2.24, 2.45) is 0 Å². The van der Waals surface area contributed by atoms with Crippen LogP contribution in [-0.2, 0) is 5.75 Å².